The summed E-state index contributed by atoms with van der Waals surface area (Å²) in [5.41, 5.74) is 3.14. The van der Waals surface area contributed by atoms with E-state index in [0.717, 1.165) is 6.42 Å². The number of hydrogen-bond acceptors (Lipinski definition) is 1. The largest absolute Gasteiger partial charge is 0.261 e. The first-order valence-corrected chi connectivity index (χ1v) is 6.95. The molecule has 1 aromatic rings. The van der Waals surface area contributed by atoms with E-state index in [1.807, 2.05) is 6.20 Å². The molecule has 0 saturated carbocycles. The maximum absolute atomic E-state index is 4.46. The van der Waals surface area contributed by atoms with Gasteiger partial charge in [-0.3, -0.25) is 4.98 Å². The summed E-state index contributed by atoms with van der Waals surface area (Å²) >= 11 is 0. The van der Waals surface area contributed by atoms with Crippen LogP contribution in [0.4, 0.5) is 0 Å². The Morgan fingerprint density at radius 3 is 2.53 bits per heavy atom. The number of aryl methyl sites for hydroxylation is 2. The van der Waals surface area contributed by atoms with Crippen LogP contribution in [0.3, 0.4) is 0 Å². The quantitative estimate of drug-likeness (QED) is 0.644. The van der Waals surface area contributed by atoms with Crippen molar-refractivity contribution in [2.75, 3.05) is 0 Å². The molecule has 1 rings (SSSR count). The van der Waals surface area contributed by atoms with Gasteiger partial charge in [-0.05, 0) is 48.8 Å². The summed E-state index contributed by atoms with van der Waals surface area (Å²) in [6.07, 6.45) is 9.39. The zero-order chi connectivity index (χ0) is 12.7. The van der Waals surface area contributed by atoms with Crippen molar-refractivity contribution in [2.45, 2.75) is 66.2 Å². The Hall–Kier alpha value is -0.850. The molecule has 0 aliphatic carbocycles. The van der Waals surface area contributed by atoms with Crippen LogP contribution in [-0.4, -0.2) is 4.98 Å². The summed E-state index contributed by atoms with van der Waals surface area (Å²) in [6.45, 7) is 9.15. The van der Waals surface area contributed by atoms with Gasteiger partial charge in [-0.1, -0.05) is 40.5 Å². The molecule has 0 radical (unpaired) electrons. The predicted octanol–water partition coefficient (Wildman–Crippen LogP) is 4.79. The lowest BCUT2D eigenvalue weighted by Crippen LogP contribution is -2.06. The number of hydrogen-bond donors (Lipinski definition) is 0. The fraction of sp³-hybridized carbons (Fsp3) is 0.688. The van der Waals surface area contributed by atoms with E-state index in [-0.39, 0.29) is 0 Å². The Kier molecular flexibility index (Phi) is 5.67. The monoisotopic (exact) mass is 233 g/mol. The summed E-state index contributed by atoms with van der Waals surface area (Å²) in [6, 6.07) is 4.45. The van der Waals surface area contributed by atoms with Gasteiger partial charge in [0.15, 0.2) is 0 Å². The van der Waals surface area contributed by atoms with Crippen LogP contribution in [0.1, 0.15) is 64.6 Å². The van der Waals surface area contributed by atoms with Crippen molar-refractivity contribution >= 4 is 0 Å². The highest BCUT2D eigenvalue weighted by Crippen LogP contribution is 2.21. The van der Waals surface area contributed by atoms with Gasteiger partial charge in [0.2, 0.25) is 0 Å². The lowest BCUT2D eigenvalue weighted by molar-refractivity contribution is 0.378. The third-order valence-corrected chi connectivity index (χ3v) is 3.08. The van der Waals surface area contributed by atoms with Crippen molar-refractivity contribution in [3.8, 4) is 0 Å². The minimum absolute atomic E-state index is 0.422. The third-order valence-electron chi connectivity index (χ3n) is 3.08. The lowest BCUT2D eigenvalue weighted by atomic mass is 9.89. The van der Waals surface area contributed by atoms with Gasteiger partial charge >= 0.3 is 0 Å². The summed E-state index contributed by atoms with van der Waals surface area (Å²) in [5.74, 6) is 0. The third kappa shape index (κ3) is 6.45. The van der Waals surface area contributed by atoms with Gasteiger partial charge in [-0.15, -0.1) is 0 Å². The average Bonchev–Trinajstić information content (AvgIpc) is 2.27. The van der Waals surface area contributed by atoms with Crippen LogP contribution in [0, 0.1) is 5.41 Å². The molecule has 0 saturated heterocycles. The summed E-state index contributed by atoms with van der Waals surface area (Å²) in [5, 5.41) is 0. The molecule has 0 unspecified atom stereocenters. The van der Waals surface area contributed by atoms with Crippen LogP contribution in [0.25, 0.3) is 0 Å². The van der Waals surface area contributed by atoms with Crippen molar-refractivity contribution in [2.24, 2.45) is 5.41 Å². The minimum atomic E-state index is 0.422. The molecule has 0 spiro atoms. The molecule has 1 aromatic heterocycles. The first kappa shape index (κ1) is 14.2. The number of unbranched alkanes of at least 4 members (excludes halogenated alkanes) is 2. The molecule has 0 aliphatic rings. The van der Waals surface area contributed by atoms with Crippen LogP contribution in [0.15, 0.2) is 18.3 Å². The van der Waals surface area contributed by atoms with E-state index in [9.17, 15) is 0 Å². The van der Waals surface area contributed by atoms with Crippen LogP contribution in [-0.2, 0) is 12.8 Å². The van der Waals surface area contributed by atoms with Crippen molar-refractivity contribution in [3.05, 3.63) is 29.6 Å². The molecule has 0 N–H and O–H groups in total. The number of aromatic nitrogens is 1. The molecule has 0 bridgehead atoms. The van der Waals surface area contributed by atoms with E-state index >= 15 is 0 Å². The molecule has 0 atom stereocenters. The van der Waals surface area contributed by atoms with Crippen LogP contribution in [0.2, 0.25) is 0 Å². The molecule has 0 aliphatic heterocycles. The van der Waals surface area contributed by atoms with E-state index in [4.69, 9.17) is 0 Å². The fourth-order valence-corrected chi connectivity index (χ4v) is 1.90. The standard InChI is InChI=1S/C16H27N/c1-5-6-7-8-15-13-14(10-12-17-15)9-11-16(2,3)4/h10,12-13H,5-9,11H2,1-4H3. The maximum atomic E-state index is 4.46. The minimum Gasteiger partial charge on any atom is -0.261 e. The highest BCUT2D eigenvalue weighted by atomic mass is 14.7. The van der Waals surface area contributed by atoms with Crippen LogP contribution >= 0.6 is 0 Å². The van der Waals surface area contributed by atoms with E-state index < -0.39 is 0 Å². The normalized spacial score (nSPS) is 11.8. The molecule has 0 fully saturated rings. The molecule has 1 heteroatoms. The Morgan fingerprint density at radius 1 is 1.12 bits per heavy atom. The van der Waals surface area contributed by atoms with Crippen LogP contribution < -0.4 is 0 Å². The molecular formula is C16H27N. The fourth-order valence-electron chi connectivity index (χ4n) is 1.90. The van der Waals surface area contributed by atoms with E-state index in [2.05, 4.69) is 44.8 Å². The molecule has 0 amide bonds. The Balaban J connectivity index is 2.48. The summed E-state index contributed by atoms with van der Waals surface area (Å²) in [4.78, 5) is 4.46. The highest BCUT2D eigenvalue weighted by molar-refractivity contribution is 5.16. The second-order valence-corrected chi connectivity index (χ2v) is 6.17. The predicted molar refractivity (Wildman–Crippen MR) is 75.2 cm³/mol. The zero-order valence-electron chi connectivity index (χ0n) is 11.9. The van der Waals surface area contributed by atoms with E-state index in [1.165, 1.54) is 43.4 Å². The molecule has 17 heavy (non-hydrogen) atoms. The van der Waals surface area contributed by atoms with E-state index in [0.29, 0.717) is 5.41 Å². The lowest BCUT2D eigenvalue weighted by Gasteiger charge is -2.17. The molecule has 1 nitrogen and oxygen atoms in total. The first-order chi connectivity index (χ1) is 8.01. The van der Waals surface area contributed by atoms with Gasteiger partial charge in [0.25, 0.3) is 0 Å². The van der Waals surface area contributed by atoms with Gasteiger partial charge in [-0.2, -0.15) is 0 Å². The van der Waals surface area contributed by atoms with Crippen molar-refractivity contribution < 1.29 is 0 Å². The van der Waals surface area contributed by atoms with Crippen molar-refractivity contribution in [3.63, 3.8) is 0 Å². The maximum Gasteiger partial charge on any atom is 0.0406 e. The van der Waals surface area contributed by atoms with Crippen molar-refractivity contribution in [1.29, 1.82) is 0 Å². The molecule has 1 heterocycles. The smallest absolute Gasteiger partial charge is 0.0406 e. The van der Waals surface area contributed by atoms with Gasteiger partial charge in [0.05, 0.1) is 0 Å². The molecule has 0 aromatic carbocycles. The SMILES string of the molecule is CCCCCc1cc(CCC(C)(C)C)ccn1. The Bertz CT molecular complexity index is 323. The Labute approximate surface area is 107 Å². The van der Waals surface area contributed by atoms with Gasteiger partial charge in [-0.25, -0.2) is 0 Å². The number of pyridine rings is 1. The molecular weight excluding hydrogens is 206 g/mol. The number of rotatable bonds is 6. The summed E-state index contributed by atoms with van der Waals surface area (Å²) < 4.78 is 0. The zero-order valence-corrected chi connectivity index (χ0v) is 11.9. The second-order valence-electron chi connectivity index (χ2n) is 6.17. The summed E-state index contributed by atoms with van der Waals surface area (Å²) in [7, 11) is 0. The topological polar surface area (TPSA) is 12.9 Å². The average molecular weight is 233 g/mol. The van der Waals surface area contributed by atoms with Gasteiger partial charge < -0.3 is 0 Å². The second kappa shape index (κ2) is 6.78. The van der Waals surface area contributed by atoms with Crippen molar-refractivity contribution in [1.82, 2.24) is 4.98 Å². The molecule has 96 valence electrons. The number of nitrogens with zero attached hydrogens (tertiary/aromatic N) is 1. The van der Waals surface area contributed by atoms with Crippen LogP contribution in [0.5, 0.6) is 0 Å². The van der Waals surface area contributed by atoms with E-state index in [1.54, 1.807) is 0 Å². The Morgan fingerprint density at radius 2 is 1.88 bits per heavy atom. The van der Waals surface area contributed by atoms with Gasteiger partial charge in [0, 0.05) is 11.9 Å². The highest BCUT2D eigenvalue weighted by Gasteiger charge is 2.10. The van der Waals surface area contributed by atoms with Gasteiger partial charge in [0.1, 0.15) is 0 Å². The first-order valence-electron chi connectivity index (χ1n) is 6.95.